The van der Waals surface area contributed by atoms with E-state index in [4.69, 9.17) is 27.9 Å². The quantitative estimate of drug-likeness (QED) is 0.171. The Morgan fingerprint density at radius 1 is 0.375 bits per heavy atom. The minimum Gasteiger partial charge on any atom is -0.456 e. The molecule has 0 saturated heterocycles. The summed E-state index contributed by atoms with van der Waals surface area (Å²) in [5, 5.41) is 2.12. The molecule has 11 rings (SSSR count). The van der Waals surface area contributed by atoms with Crippen molar-refractivity contribution in [1.29, 1.82) is 0 Å². The zero-order chi connectivity index (χ0) is 42.2. The molecule has 0 unspecified atom stereocenters. The van der Waals surface area contributed by atoms with E-state index in [0.717, 1.165) is 33.0 Å². The van der Waals surface area contributed by atoms with Gasteiger partial charge in [-0.1, -0.05) is 152 Å². The van der Waals surface area contributed by atoms with Gasteiger partial charge in [0.25, 0.3) is 0 Å². The highest BCUT2D eigenvalue weighted by Gasteiger charge is 2.20. The van der Waals surface area contributed by atoms with E-state index in [1.165, 1.54) is 0 Å². The van der Waals surface area contributed by atoms with Gasteiger partial charge in [0.05, 0.1) is 13.8 Å². The Labute approximate surface area is 330 Å². The maximum absolute atomic E-state index is 9.65. The van der Waals surface area contributed by atoms with Crippen LogP contribution in [0, 0.1) is 0 Å². The minimum absolute atomic E-state index is 0.0285. The van der Waals surface area contributed by atoms with E-state index in [2.05, 4.69) is 0 Å². The predicted octanol–water partition coefficient (Wildman–Crippen LogP) is 13.7. The number of hydrogen-bond acceptors (Lipinski definition) is 5. The van der Waals surface area contributed by atoms with Crippen molar-refractivity contribution in [1.82, 2.24) is 15.0 Å². The van der Waals surface area contributed by atoms with Gasteiger partial charge < -0.3 is 8.83 Å². The lowest BCUT2D eigenvalue weighted by Gasteiger charge is -2.10. The molecule has 0 bridgehead atoms. The lowest BCUT2D eigenvalue weighted by molar-refractivity contribution is 0.668. The Hall–Kier alpha value is -7.63. The fourth-order valence-corrected chi connectivity index (χ4v) is 7.37. The molecule has 8 aromatic carbocycles. The first-order valence-electron chi connectivity index (χ1n) is 21.2. The van der Waals surface area contributed by atoms with Gasteiger partial charge in [-0.15, -0.1) is 0 Å². The number of aromatic nitrogens is 3. The van der Waals surface area contributed by atoms with Crippen LogP contribution in [0.1, 0.15) is 8.22 Å². The molecule has 5 nitrogen and oxygen atoms in total. The summed E-state index contributed by atoms with van der Waals surface area (Å²) in [4.78, 5) is 14.8. The van der Waals surface area contributed by atoms with E-state index in [1.54, 1.807) is 0 Å². The molecule has 0 aliphatic heterocycles. The number of benzene rings is 8. The van der Waals surface area contributed by atoms with Gasteiger partial charge in [0.2, 0.25) is 0 Å². The first-order chi connectivity index (χ1) is 30.2. The first kappa shape index (κ1) is 26.2. The van der Waals surface area contributed by atoms with Gasteiger partial charge in [-0.05, 0) is 69.7 Å². The SMILES string of the molecule is [2H]c1c([2H])c(-c2ccc(-c3ccccc3)cc2)c2c(oc3c([2H])c(-c4nc(-c5cccc(-c6ccccc6)c5)nc(-c5cccc6c5oc5ccccc56)n4)c([2H])c([2H])c32)c1[2H]. The molecular weight excluding hydrogens is 687 g/mol. The average molecular weight is 724 g/mol. The number of fused-ring (bicyclic) bond motifs is 6. The fourth-order valence-electron chi connectivity index (χ4n) is 7.37. The molecule has 0 aliphatic carbocycles. The molecule has 11 aromatic rings. The summed E-state index contributed by atoms with van der Waals surface area (Å²) in [6, 6.07) is 46.7. The van der Waals surface area contributed by atoms with Crippen molar-refractivity contribution in [2.45, 2.75) is 0 Å². The molecule has 262 valence electrons. The molecule has 3 aromatic heterocycles. The third-order valence-electron chi connectivity index (χ3n) is 10.1. The van der Waals surface area contributed by atoms with E-state index >= 15 is 0 Å². The molecule has 3 heterocycles. The standard InChI is InChI=1S/C51H31N3O2/c1-3-12-32(13-4-1)34-24-26-35(27-25-34)39-19-11-23-45-47(39)42-29-28-38(31-46(42)55-45)50-52-49(37-17-9-16-36(30-37)33-14-5-2-6-15-33)53-51(54-50)43-21-10-20-41-40-18-7-8-22-44(40)56-48(41)43/h1-31H/i11D,19D,23D,28D,29D,31D. The van der Waals surface area contributed by atoms with Gasteiger partial charge >= 0.3 is 0 Å². The van der Waals surface area contributed by atoms with Crippen molar-refractivity contribution in [2.24, 2.45) is 0 Å². The van der Waals surface area contributed by atoms with Gasteiger partial charge in [0, 0.05) is 32.7 Å². The number of rotatable bonds is 6. The third kappa shape index (κ3) is 5.45. The lowest BCUT2D eigenvalue weighted by Crippen LogP contribution is -2.00. The molecule has 0 atom stereocenters. The molecule has 0 saturated carbocycles. The first-order valence-corrected chi connectivity index (χ1v) is 18.2. The number of para-hydroxylation sites is 2. The van der Waals surface area contributed by atoms with Crippen LogP contribution in [0.5, 0.6) is 0 Å². The van der Waals surface area contributed by atoms with Crippen LogP contribution < -0.4 is 0 Å². The Kier molecular flexibility index (Phi) is 6.10. The maximum atomic E-state index is 9.65. The highest BCUT2D eigenvalue weighted by Crippen LogP contribution is 2.40. The molecule has 0 spiro atoms. The number of furan rings is 2. The summed E-state index contributed by atoms with van der Waals surface area (Å²) >= 11 is 0. The van der Waals surface area contributed by atoms with Crippen LogP contribution in [-0.4, -0.2) is 15.0 Å². The summed E-state index contributed by atoms with van der Waals surface area (Å²) in [5.74, 6) is 0.486. The van der Waals surface area contributed by atoms with Gasteiger partial charge in [-0.25, -0.2) is 15.0 Å². The zero-order valence-corrected chi connectivity index (χ0v) is 29.6. The van der Waals surface area contributed by atoms with Gasteiger partial charge in [0.1, 0.15) is 22.3 Å². The smallest absolute Gasteiger partial charge is 0.167 e. The summed E-state index contributed by atoms with van der Waals surface area (Å²) in [6.07, 6.45) is 0. The number of nitrogens with zero attached hydrogens (tertiary/aromatic N) is 3. The monoisotopic (exact) mass is 723 g/mol. The lowest BCUT2D eigenvalue weighted by atomic mass is 9.96. The highest BCUT2D eigenvalue weighted by molar-refractivity contribution is 6.13. The van der Waals surface area contributed by atoms with Crippen LogP contribution >= 0.6 is 0 Å². The summed E-state index contributed by atoms with van der Waals surface area (Å²) in [6.45, 7) is 0. The van der Waals surface area contributed by atoms with Gasteiger partial charge in [0.15, 0.2) is 17.5 Å². The molecular formula is C51H31N3O2. The van der Waals surface area contributed by atoms with Crippen LogP contribution in [0.25, 0.3) is 111 Å². The second kappa shape index (κ2) is 13.0. The largest absolute Gasteiger partial charge is 0.456 e. The van der Waals surface area contributed by atoms with E-state index in [0.29, 0.717) is 27.9 Å². The Morgan fingerprint density at radius 3 is 1.82 bits per heavy atom. The van der Waals surface area contributed by atoms with E-state index in [9.17, 15) is 4.11 Å². The van der Waals surface area contributed by atoms with E-state index in [1.807, 2.05) is 152 Å². The molecule has 0 N–H and O–H groups in total. The second-order valence-electron chi connectivity index (χ2n) is 13.5. The fraction of sp³-hybridized carbons (Fsp3) is 0. The molecule has 56 heavy (non-hydrogen) atoms. The molecule has 5 heteroatoms. The van der Waals surface area contributed by atoms with Crippen molar-refractivity contribution in [3.05, 3.63) is 188 Å². The van der Waals surface area contributed by atoms with Gasteiger partial charge in [-0.2, -0.15) is 0 Å². The number of hydrogen-bond donors (Lipinski definition) is 0. The second-order valence-corrected chi connectivity index (χ2v) is 13.5. The van der Waals surface area contributed by atoms with Crippen LogP contribution in [0.4, 0.5) is 0 Å². The zero-order valence-electron chi connectivity index (χ0n) is 35.6. The Bertz CT molecular complexity index is 3590. The molecule has 0 amide bonds. The maximum Gasteiger partial charge on any atom is 0.167 e. The van der Waals surface area contributed by atoms with Crippen LogP contribution in [0.3, 0.4) is 0 Å². The molecule has 0 fully saturated rings. The Morgan fingerprint density at radius 2 is 1.00 bits per heavy atom. The predicted molar refractivity (Wildman–Crippen MR) is 227 cm³/mol. The molecule has 0 aliphatic rings. The summed E-state index contributed by atoms with van der Waals surface area (Å²) < 4.78 is 68.2. The van der Waals surface area contributed by atoms with Crippen molar-refractivity contribution in [2.75, 3.05) is 0 Å². The van der Waals surface area contributed by atoms with Crippen molar-refractivity contribution < 1.29 is 17.1 Å². The van der Waals surface area contributed by atoms with E-state index < -0.39 is 0 Å². The topological polar surface area (TPSA) is 65.0 Å². The van der Waals surface area contributed by atoms with Gasteiger partial charge in [-0.3, -0.25) is 0 Å². The average Bonchev–Trinajstić information content (AvgIpc) is 3.91. The van der Waals surface area contributed by atoms with Crippen LogP contribution in [0.2, 0.25) is 0 Å². The molecule has 0 radical (unpaired) electrons. The van der Waals surface area contributed by atoms with Crippen molar-refractivity contribution >= 4 is 43.9 Å². The van der Waals surface area contributed by atoms with E-state index in [-0.39, 0.29) is 86.8 Å². The highest BCUT2D eigenvalue weighted by atomic mass is 16.3. The van der Waals surface area contributed by atoms with Crippen molar-refractivity contribution in [3.63, 3.8) is 0 Å². The van der Waals surface area contributed by atoms with Crippen molar-refractivity contribution in [3.8, 4) is 67.5 Å². The normalized spacial score (nSPS) is 13.1. The Balaban J connectivity index is 1.15. The third-order valence-corrected chi connectivity index (χ3v) is 10.1. The summed E-state index contributed by atoms with van der Waals surface area (Å²) in [7, 11) is 0. The summed E-state index contributed by atoms with van der Waals surface area (Å²) in [5.41, 5.74) is 7.04. The minimum atomic E-state index is -0.354. The van der Waals surface area contributed by atoms with Crippen LogP contribution in [-0.2, 0) is 0 Å². The van der Waals surface area contributed by atoms with Crippen LogP contribution in [0.15, 0.2) is 197 Å².